The first kappa shape index (κ1) is 22.5. The van der Waals surface area contributed by atoms with Crippen molar-refractivity contribution in [2.75, 3.05) is 7.11 Å². The summed E-state index contributed by atoms with van der Waals surface area (Å²) in [6.07, 6.45) is 0.0281. The number of nitrogens with one attached hydrogen (secondary N) is 1. The van der Waals surface area contributed by atoms with Crippen LogP contribution in [0.4, 0.5) is 13.2 Å². The number of rotatable bonds is 4. The van der Waals surface area contributed by atoms with E-state index < -0.39 is 12.1 Å². The molecular formula is C21H17F3N4O4. The Morgan fingerprint density at radius 3 is 2.56 bits per heavy atom. The number of aromatic nitrogens is 4. The van der Waals surface area contributed by atoms with Crippen LogP contribution in [0, 0.1) is 0 Å². The van der Waals surface area contributed by atoms with Gasteiger partial charge in [0.1, 0.15) is 5.75 Å². The number of hydrogen-bond acceptors (Lipinski definition) is 5. The molecule has 8 nitrogen and oxygen atoms in total. The molecule has 0 spiro atoms. The monoisotopic (exact) mass is 446 g/mol. The Morgan fingerprint density at radius 2 is 1.94 bits per heavy atom. The summed E-state index contributed by atoms with van der Waals surface area (Å²) in [7, 11) is 1.63. The summed E-state index contributed by atoms with van der Waals surface area (Å²) in [6, 6.07) is 13.3. The van der Waals surface area contributed by atoms with Crippen LogP contribution in [0.25, 0.3) is 22.0 Å². The van der Waals surface area contributed by atoms with Crippen LogP contribution in [-0.2, 0) is 11.3 Å². The van der Waals surface area contributed by atoms with Crippen LogP contribution in [0.1, 0.15) is 5.56 Å². The van der Waals surface area contributed by atoms with Gasteiger partial charge in [-0.25, -0.2) is 9.78 Å². The molecule has 0 aliphatic carbocycles. The normalized spacial score (nSPS) is 11.0. The van der Waals surface area contributed by atoms with Crippen molar-refractivity contribution in [2.45, 2.75) is 12.7 Å². The summed E-state index contributed by atoms with van der Waals surface area (Å²) in [5.74, 6) is -1.99. The molecule has 2 aromatic carbocycles. The first-order chi connectivity index (χ1) is 15.2. The molecule has 166 valence electrons. The van der Waals surface area contributed by atoms with Crippen molar-refractivity contribution in [3.63, 3.8) is 0 Å². The van der Waals surface area contributed by atoms with E-state index in [9.17, 15) is 18.0 Å². The van der Waals surface area contributed by atoms with E-state index in [2.05, 4.69) is 15.2 Å². The Bertz CT molecular complexity index is 1280. The minimum absolute atomic E-state index is 0.0711. The number of alkyl halides is 3. The highest BCUT2D eigenvalue weighted by Crippen LogP contribution is 2.21. The maximum Gasteiger partial charge on any atom is 0.490 e. The summed E-state index contributed by atoms with van der Waals surface area (Å²) in [6.45, 7) is 0.439. The third-order valence-electron chi connectivity index (χ3n) is 4.39. The van der Waals surface area contributed by atoms with Gasteiger partial charge in [0.25, 0.3) is 5.56 Å². The molecule has 0 aliphatic heterocycles. The zero-order valence-corrected chi connectivity index (χ0v) is 16.6. The fourth-order valence-corrected chi connectivity index (χ4v) is 2.83. The number of carbonyl (C=O) groups is 1. The zero-order chi connectivity index (χ0) is 23.3. The van der Waals surface area contributed by atoms with Gasteiger partial charge in [-0.05, 0) is 35.4 Å². The first-order valence-electron chi connectivity index (χ1n) is 9.10. The van der Waals surface area contributed by atoms with Gasteiger partial charge in [-0.3, -0.25) is 14.5 Å². The maximum absolute atomic E-state index is 12.9. The Kier molecular flexibility index (Phi) is 6.57. The molecule has 2 N–H and O–H groups in total. The first-order valence-corrected chi connectivity index (χ1v) is 9.10. The van der Waals surface area contributed by atoms with E-state index in [4.69, 9.17) is 14.6 Å². The Labute approximate surface area is 178 Å². The number of fused-ring (bicyclic) bond motifs is 1. The van der Waals surface area contributed by atoms with Gasteiger partial charge in [-0.15, -0.1) is 0 Å². The van der Waals surface area contributed by atoms with Crippen molar-refractivity contribution in [3.05, 3.63) is 77.1 Å². The van der Waals surface area contributed by atoms with Gasteiger partial charge in [0.05, 0.1) is 37.1 Å². The number of benzene rings is 2. The topological polar surface area (TPSA) is 110 Å². The average Bonchev–Trinajstić information content (AvgIpc) is 3.30. The van der Waals surface area contributed by atoms with Crippen molar-refractivity contribution in [1.82, 2.24) is 19.7 Å². The molecule has 0 atom stereocenters. The van der Waals surface area contributed by atoms with Crippen molar-refractivity contribution >= 4 is 16.9 Å². The molecule has 0 saturated heterocycles. The van der Waals surface area contributed by atoms with Crippen molar-refractivity contribution in [3.8, 4) is 16.9 Å². The molecule has 0 unspecified atom stereocenters. The molecule has 11 heteroatoms. The second-order valence-electron chi connectivity index (χ2n) is 6.55. The lowest BCUT2D eigenvalue weighted by atomic mass is 10.1. The van der Waals surface area contributed by atoms with Gasteiger partial charge in [-0.1, -0.05) is 18.2 Å². The highest BCUT2D eigenvalue weighted by molar-refractivity contribution is 5.83. The van der Waals surface area contributed by atoms with E-state index in [-0.39, 0.29) is 5.56 Å². The lowest BCUT2D eigenvalue weighted by Gasteiger charge is -2.09. The number of aromatic amines is 1. The van der Waals surface area contributed by atoms with E-state index in [0.717, 1.165) is 22.4 Å². The third-order valence-corrected chi connectivity index (χ3v) is 4.39. The van der Waals surface area contributed by atoms with Gasteiger partial charge >= 0.3 is 12.1 Å². The predicted octanol–water partition coefficient (Wildman–Crippen LogP) is 3.48. The molecule has 0 radical (unpaired) electrons. The minimum atomic E-state index is -5.08. The number of H-pyrrole nitrogens is 1. The van der Waals surface area contributed by atoms with E-state index in [1.807, 2.05) is 42.5 Å². The number of methoxy groups -OCH3 is 1. The third kappa shape index (κ3) is 5.31. The number of carboxylic acid groups (broad SMARTS) is 1. The molecule has 32 heavy (non-hydrogen) atoms. The Hall–Kier alpha value is -4.15. The fourth-order valence-electron chi connectivity index (χ4n) is 2.83. The molecule has 2 aromatic heterocycles. The number of halogens is 3. The Morgan fingerprint density at radius 1 is 1.19 bits per heavy atom. The van der Waals surface area contributed by atoms with Crippen LogP contribution in [0.5, 0.6) is 5.75 Å². The summed E-state index contributed by atoms with van der Waals surface area (Å²) in [4.78, 5) is 26.2. The van der Waals surface area contributed by atoms with E-state index in [1.165, 1.54) is 0 Å². The quantitative estimate of drug-likeness (QED) is 0.497. The van der Waals surface area contributed by atoms with Gasteiger partial charge in [0.2, 0.25) is 0 Å². The molecule has 0 aliphatic rings. The van der Waals surface area contributed by atoms with E-state index >= 15 is 0 Å². The number of nitrogens with zero attached hydrogens (tertiary/aromatic N) is 3. The van der Waals surface area contributed by atoms with Crippen molar-refractivity contribution < 1.29 is 27.8 Å². The molecule has 0 bridgehead atoms. The lowest BCUT2D eigenvalue weighted by molar-refractivity contribution is -0.192. The molecule has 4 rings (SSSR count). The summed E-state index contributed by atoms with van der Waals surface area (Å²) in [5.41, 5.74) is 3.45. The van der Waals surface area contributed by atoms with Gasteiger partial charge in [0, 0.05) is 11.8 Å². The molecule has 0 saturated carbocycles. The predicted molar refractivity (Wildman–Crippen MR) is 109 cm³/mol. The van der Waals surface area contributed by atoms with Gasteiger partial charge < -0.3 is 9.84 Å². The van der Waals surface area contributed by atoms with Crippen LogP contribution in [-0.4, -0.2) is 44.1 Å². The van der Waals surface area contributed by atoms with Crippen molar-refractivity contribution in [2.24, 2.45) is 0 Å². The SMILES string of the molecule is COc1cccc(Cn2cnc3ccc(-c4cn[nH]c4)cc3c2=O)c1.O=C(O)C(F)(F)F. The van der Waals surface area contributed by atoms with Gasteiger partial charge in [-0.2, -0.15) is 18.3 Å². The molecule has 2 heterocycles. The smallest absolute Gasteiger partial charge is 0.490 e. The molecule has 0 fully saturated rings. The zero-order valence-electron chi connectivity index (χ0n) is 16.6. The maximum atomic E-state index is 12.9. The number of ether oxygens (including phenoxy) is 1. The summed E-state index contributed by atoms with van der Waals surface area (Å²) in [5, 5.41) is 14.5. The van der Waals surface area contributed by atoms with Crippen LogP contribution >= 0.6 is 0 Å². The largest absolute Gasteiger partial charge is 0.497 e. The van der Waals surface area contributed by atoms with Crippen LogP contribution < -0.4 is 10.3 Å². The van der Waals surface area contributed by atoms with Crippen LogP contribution in [0.2, 0.25) is 0 Å². The van der Waals surface area contributed by atoms with Crippen molar-refractivity contribution in [1.29, 1.82) is 0 Å². The second kappa shape index (κ2) is 9.33. The lowest BCUT2D eigenvalue weighted by Crippen LogP contribution is -2.21. The van der Waals surface area contributed by atoms with Crippen LogP contribution in [0.15, 0.2) is 66.0 Å². The second-order valence-corrected chi connectivity index (χ2v) is 6.55. The summed E-state index contributed by atoms with van der Waals surface area (Å²) >= 11 is 0. The highest BCUT2D eigenvalue weighted by Gasteiger charge is 2.38. The standard InChI is InChI=1S/C19H16N4O2.C2HF3O2/c1-25-16-4-2-3-13(7-16)11-23-12-20-18-6-5-14(8-17(18)19(23)24)15-9-21-22-10-15;3-2(4,5)1(6)7/h2-10,12H,11H2,1H3,(H,21,22);(H,6,7). The average molecular weight is 446 g/mol. The Balaban J connectivity index is 0.000000360. The van der Waals surface area contributed by atoms with Gasteiger partial charge in [0.15, 0.2) is 0 Å². The number of hydrogen-bond donors (Lipinski definition) is 2. The number of carboxylic acids is 1. The molecule has 0 amide bonds. The van der Waals surface area contributed by atoms with E-state index in [1.54, 1.807) is 30.4 Å². The molecular weight excluding hydrogens is 429 g/mol. The summed E-state index contributed by atoms with van der Waals surface area (Å²) < 4.78 is 38.6. The minimum Gasteiger partial charge on any atom is -0.497 e. The molecule has 4 aromatic rings. The highest BCUT2D eigenvalue weighted by atomic mass is 19.4. The number of aliphatic carboxylic acids is 1. The van der Waals surface area contributed by atoms with Crippen LogP contribution in [0.3, 0.4) is 0 Å². The fraction of sp³-hybridized carbons (Fsp3) is 0.143. The van der Waals surface area contributed by atoms with E-state index in [0.29, 0.717) is 17.4 Å².